The van der Waals surface area contributed by atoms with Crippen LogP contribution in [-0.4, -0.2) is 88.1 Å². The van der Waals surface area contributed by atoms with E-state index in [4.69, 9.17) is 21.7 Å². The molecule has 10 N–H and O–H groups in total. The second kappa shape index (κ2) is 15.4. The summed E-state index contributed by atoms with van der Waals surface area (Å²) >= 11 is 3.92. The molecule has 0 aromatic heterocycles. The van der Waals surface area contributed by atoms with Gasteiger partial charge in [0.05, 0.1) is 12.6 Å². The van der Waals surface area contributed by atoms with Crippen molar-refractivity contribution in [3.63, 3.8) is 0 Å². The van der Waals surface area contributed by atoms with Gasteiger partial charge in [0.15, 0.2) is 0 Å². The molecule has 0 radical (unpaired) electrons. The van der Waals surface area contributed by atoms with Gasteiger partial charge in [-0.15, -0.1) is 0 Å². The Labute approximate surface area is 184 Å². The van der Waals surface area contributed by atoms with Crippen LogP contribution in [0.1, 0.15) is 32.1 Å². The fourth-order valence-corrected chi connectivity index (χ4v) is 2.55. The number of nitrogens with two attached hydrogens (primary N) is 2. The minimum atomic E-state index is -1.53. The van der Waals surface area contributed by atoms with E-state index in [1.165, 1.54) is 0 Å². The third-order valence-corrected chi connectivity index (χ3v) is 4.58. The summed E-state index contributed by atoms with van der Waals surface area (Å²) < 4.78 is 0. The molecule has 0 bridgehead atoms. The van der Waals surface area contributed by atoms with E-state index in [9.17, 15) is 29.1 Å². The third kappa shape index (κ3) is 11.5. The van der Waals surface area contributed by atoms with Crippen LogP contribution in [0.15, 0.2) is 0 Å². The number of aliphatic carboxylic acids is 2. The lowest BCUT2D eigenvalue weighted by Crippen LogP contribution is -2.58. The number of amides is 3. The summed E-state index contributed by atoms with van der Waals surface area (Å²) in [6, 6.07) is -5.08. The number of aliphatic hydroxyl groups is 1. The highest BCUT2D eigenvalue weighted by atomic mass is 32.1. The number of carboxylic acid groups (broad SMARTS) is 2. The van der Waals surface area contributed by atoms with Crippen LogP contribution < -0.4 is 27.4 Å². The fraction of sp³-hybridized carbons (Fsp3) is 0.706. The molecule has 4 unspecified atom stereocenters. The molecular weight excluding hydrogens is 434 g/mol. The van der Waals surface area contributed by atoms with E-state index in [1.807, 2.05) is 0 Å². The van der Waals surface area contributed by atoms with Crippen molar-refractivity contribution < 1.29 is 39.3 Å². The van der Waals surface area contributed by atoms with E-state index in [1.54, 1.807) is 0 Å². The number of rotatable bonds is 16. The van der Waals surface area contributed by atoms with Gasteiger partial charge in [0.1, 0.15) is 18.1 Å². The standard InChI is InChI=1S/C17H31N5O8S/c18-6-2-1-3-10(20-14(26)9(19)8-31)15(27)22-12(7-23)16(28)21-11(17(29)30)4-5-13(24)25/h9-12,23,31H,1-8,18-19H2,(H,20,26)(H,21,28)(H,22,27)(H,24,25)(H,29,30). The van der Waals surface area contributed by atoms with Gasteiger partial charge in [-0.2, -0.15) is 12.6 Å². The van der Waals surface area contributed by atoms with Gasteiger partial charge in [0.25, 0.3) is 0 Å². The smallest absolute Gasteiger partial charge is 0.326 e. The predicted molar refractivity (Wildman–Crippen MR) is 112 cm³/mol. The van der Waals surface area contributed by atoms with E-state index in [2.05, 4.69) is 28.6 Å². The van der Waals surface area contributed by atoms with Crippen LogP contribution in [-0.2, 0) is 24.0 Å². The lowest BCUT2D eigenvalue weighted by Gasteiger charge is -2.24. The van der Waals surface area contributed by atoms with Gasteiger partial charge in [-0.25, -0.2) is 4.79 Å². The number of nitrogens with one attached hydrogen (secondary N) is 3. The fourth-order valence-electron chi connectivity index (χ4n) is 2.39. The van der Waals surface area contributed by atoms with Gasteiger partial charge >= 0.3 is 11.9 Å². The van der Waals surface area contributed by atoms with Crippen molar-refractivity contribution >= 4 is 42.3 Å². The zero-order valence-electron chi connectivity index (χ0n) is 17.0. The highest BCUT2D eigenvalue weighted by molar-refractivity contribution is 7.80. The van der Waals surface area contributed by atoms with E-state index in [0.29, 0.717) is 19.4 Å². The Morgan fingerprint density at radius 3 is 1.87 bits per heavy atom. The number of carboxylic acids is 2. The molecule has 0 aromatic rings. The van der Waals surface area contributed by atoms with Gasteiger partial charge in [0, 0.05) is 12.2 Å². The molecule has 0 aliphatic rings. The molecule has 3 amide bonds. The van der Waals surface area contributed by atoms with Crippen LogP contribution in [0.3, 0.4) is 0 Å². The monoisotopic (exact) mass is 465 g/mol. The summed E-state index contributed by atoms with van der Waals surface area (Å²) in [5, 5.41) is 34.0. The summed E-state index contributed by atoms with van der Waals surface area (Å²) in [5.74, 6) is -5.12. The Morgan fingerprint density at radius 2 is 1.39 bits per heavy atom. The Balaban J connectivity index is 5.17. The van der Waals surface area contributed by atoms with Crippen LogP contribution in [0.5, 0.6) is 0 Å². The van der Waals surface area contributed by atoms with Crippen LogP contribution in [0.25, 0.3) is 0 Å². The van der Waals surface area contributed by atoms with Gasteiger partial charge in [-0.1, -0.05) is 0 Å². The quantitative estimate of drug-likeness (QED) is 0.0816. The average Bonchev–Trinajstić information content (AvgIpc) is 2.72. The minimum absolute atomic E-state index is 0.0392. The van der Waals surface area contributed by atoms with Crippen molar-refractivity contribution in [2.45, 2.75) is 56.3 Å². The summed E-state index contributed by atoms with van der Waals surface area (Å²) in [6.07, 6.45) is 0.351. The van der Waals surface area contributed by atoms with Gasteiger partial charge in [-0.3, -0.25) is 19.2 Å². The maximum Gasteiger partial charge on any atom is 0.326 e. The number of hydrogen-bond acceptors (Lipinski definition) is 9. The second-order valence-electron chi connectivity index (χ2n) is 6.71. The Morgan fingerprint density at radius 1 is 0.839 bits per heavy atom. The molecule has 0 fully saturated rings. The maximum absolute atomic E-state index is 12.6. The van der Waals surface area contributed by atoms with Crippen molar-refractivity contribution in [3.05, 3.63) is 0 Å². The highest BCUT2D eigenvalue weighted by Crippen LogP contribution is 2.04. The van der Waals surface area contributed by atoms with Crippen molar-refractivity contribution in [2.75, 3.05) is 18.9 Å². The first-order valence-electron chi connectivity index (χ1n) is 9.60. The SMILES string of the molecule is NCCCCC(NC(=O)C(N)CS)C(=O)NC(CO)C(=O)NC(CCC(=O)O)C(=O)O. The Hall–Kier alpha value is -2.42. The van der Waals surface area contributed by atoms with E-state index < -0.39 is 66.9 Å². The van der Waals surface area contributed by atoms with E-state index >= 15 is 0 Å². The second-order valence-corrected chi connectivity index (χ2v) is 7.08. The largest absolute Gasteiger partial charge is 0.481 e. The first-order chi connectivity index (χ1) is 14.6. The van der Waals surface area contributed by atoms with Crippen molar-refractivity contribution in [1.29, 1.82) is 0 Å². The number of thiol groups is 1. The summed E-state index contributed by atoms with van der Waals surface area (Å²) in [4.78, 5) is 58.8. The molecule has 31 heavy (non-hydrogen) atoms. The van der Waals surface area contributed by atoms with Gasteiger partial charge in [0.2, 0.25) is 17.7 Å². The lowest BCUT2D eigenvalue weighted by molar-refractivity contribution is -0.143. The summed E-state index contributed by atoms with van der Waals surface area (Å²) in [7, 11) is 0. The average molecular weight is 466 g/mol. The molecule has 0 heterocycles. The number of hydrogen-bond donors (Lipinski definition) is 9. The molecule has 0 aliphatic carbocycles. The van der Waals surface area contributed by atoms with E-state index in [0.717, 1.165) is 0 Å². The molecule has 0 spiro atoms. The molecule has 4 atom stereocenters. The van der Waals surface area contributed by atoms with Gasteiger partial charge in [-0.05, 0) is 32.2 Å². The van der Waals surface area contributed by atoms with Crippen LogP contribution in [0, 0.1) is 0 Å². The van der Waals surface area contributed by atoms with Crippen LogP contribution in [0.2, 0.25) is 0 Å². The molecule has 0 saturated carbocycles. The molecule has 178 valence electrons. The van der Waals surface area contributed by atoms with Crippen molar-refractivity contribution in [1.82, 2.24) is 16.0 Å². The normalized spacial score (nSPS) is 14.6. The lowest BCUT2D eigenvalue weighted by atomic mass is 10.1. The first-order valence-corrected chi connectivity index (χ1v) is 10.2. The topological polar surface area (TPSA) is 234 Å². The number of carbonyl (C=O) groups is 5. The molecule has 0 aliphatic heterocycles. The molecule has 0 rings (SSSR count). The highest BCUT2D eigenvalue weighted by Gasteiger charge is 2.29. The summed E-state index contributed by atoms with van der Waals surface area (Å²) in [6.45, 7) is -0.491. The first kappa shape index (κ1) is 28.6. The maximum atomic E-state index is 12.6. The van der Waals surface area contributed by atoms with Crippen molar-refractivity contribution in [2.24, 2.45) is 11.5 Å². The Bertz CT molecular complexity index is 636. The Kier molecular flexibility index (Phi) is 14.2. The molecule has 13 nitrogen and oxygen atoms in total. The van der Waals surface area contributed by atoms with Gasteiger partial charge < -0.3 is 42.7 Å². The molecule has 0 aromatic carbocycles. The number of unbranched alkanes of at least 4 members (excludes halogenated alkanes) is 1. The minimum Gasteiger partial charge on any atom is -0.481 e. The van der Waals surface area contributed by atoms with Crippen molar-refractivity contribution in [3.8, 4) is 0 Å². The molecule has 14 heteroatoms. The number of aliphatic hydroxyl groups excluding tert-OH is 1. The summed E-state index contributed by atoms with van der Waals surface area (Å²) in [5.41, 5.74) is 11.0. The van der Waals surface area contributed by atoms with E-state index in [-0.39, 0.29) is 18.6 Å². The predicted octanol–water partition coefficient (Wildman–Crippen LogP) is -3.23. The zero-order valence-corrected chi connectivity index (χ0v) is 17.8. The molecular formula is C17H31N5O8S. The van der Waals surface area contributed by atoms with Crippen LogP contribution in [0.4, 0.5) is 0 Å². The number of carbonyl (C=O) groups excluding carboxylic acids is 3. The molecule has 0 saturated heterocycles. The van der Waals surface area contributed by atoms with Crippen LogP contribution >= 0.6 is 12.6 Å². The zero-order chi connectivity index (χ0) is 24.0. The third-order valence-electron chi connectivity index (χ3n) is 4.19.